The minimum Gasteiger partial charge on any atom is -0.856 e. The van der Waals surface area contributed by atoms with Crippen LogP contribution in [0.1, 0.15) is 22.8 Å². The highest BCUT2D eigenvalue weighted by atomic mass is 16.3. The van der Waals surface area contributed by atoms with Gasteiger partial charge in [0.05, 0.1) is 11.4 Å². The van der Waals surface area contributed by atoms with Gasteiger partial charge in [0.25, 0.3) is 0 Å². The first-order chi connectivity index (χ1) is 14.5. The largest absolute Gasteiger partial charge is 0.856 e. The molecule has 150 valence electrons. The SMILES string of the molecule is NC(=NN=C([O-])c1cccc(C([O-])=NN=C(N)c2ccccn2)n1)c1ccccn1. The van der Waals surface area contributed by atoms with E-state index in [0.29, 0.717) is 11.4 Å². The monoisotopic (exact) mass is 401 g/mol. The summed E-state index contributed by atoms with van der Waals surface area (Å²) in [5.74, 6) is -1.66. The summed E-state index contributed by atoms with van der Waals surface area (Å²) in [5.41, 5.74) is 12.0. The Labute approximate surface area is 170 Å². The van der Waals surface area contributed by atoms with E-state index in [-0.39, 0.29) is 23.1 Å². The Hall–Kier alpha value is -4.67. The summed E-state index contributed by atoms with van der Waals surface area (Å²) in [6, 6.07) is 14.3. The van der Waals surface area contributed by atoms with Crippen LogP contribution in [0.2, 0.25) is 0 Å². The molecule has 0 saturated heterocycles. The fraction of sp³-hybridized carbons (Fsp3) is 0. The fourth-order valence-electron chi connectivity index (χ4n) is 2.10. The molecule has 4 N–H and O–H groups in total. The number of rotatable bonds is 6. The van der Waals surface area contributed by atoms with E-state index in [1.807, 2.05) is 0 Å². The van der Waals surface area contributed by atoms with Crippen molar-refractivity contribution >= 4 is 23.5 Å². The smallest absolute Gasteiger partial charge is 0.171 e. The minimum atomic E-state index is -0.792. The van der Waals surface area contributed by atoms with Gasteiger partial charge in [0.2, 0.25) is 0 Å². The molecule has 0 unspecified atom stereocenters. The highest BCUT2D eigenvalue weighted by Gasteiger charge is 2.01. The summed E-state index contributed by atoms with van der Waals surface area (Å²) in [4.78, 5) is 11.9. The average molecular weight is 401 g/mol. The third kappa shape index (κ3) is 5.19. The molecule has 11 nitrogen and oxygen atoms in total. The summed E-state index contributed by atoms with van der Waals surface area (Å²) in [7, 11) is 0. The molecule has 0 saturated carbocycles. The van der Waals surface area contributed by atoms with E-state index in [2.05, 4.69) is 35.4 Å². The van der Waals surface area contributed by atoms with Crippen LogP contribution in [0.4, 0.5) is 0 Å². The van der Waals surface area contributed by atoms with Crippen molar-refractivity contribution in [3.05, 3.63) is 89.8 Å². The van der Waals surface area contributed by atoms with Gasteiger partial charge in [-0.15, -0.1) is 10.2 Å². The fourth-order valence-corrected chi connectivity index (χ4v) is 2.10. The zero-order chi connectivity index (χ0) is 21.3. The second-order valence-corrected chi connectivity index (χ2v) is 5.62. The normalized spacial score (nSPS) is 13.3. The molecular formula is C19H15N9O2-2. The lowest BCUT2D eigenvalue weighted by atomic mass is 10.3. The van der Waals surface area contributed by atoms with Gasteiger partial charge in [-0.1, -0.05) is 18.2 Å². The van der Waals surface area contributed by atoms with E-state index >= 15 is 0 Å². The second-order valence-electron chi connectivity index (χ2n) is 5.62. The maximum atomic E-state index is 12.2. The van der Waals surface area contributed by atoms with Crippen LogP contribution in [-0.2, 0) is 0 Å². The molecule has 3 rings (SSSR count). The molecule has 3 aromatic rings. The lowest BCUT2D eigenvalue weighted by Gasteiger charge is -2.12. The zero-order valence-electron chi connectivity index (χ0n) is 15.5. The van der Waals surface area contributed by atoms with Crippen molar-refractivity contribution in [3.63, 3.8) is 0 Å². The Morgan fingerprint density at radius 1 is 0.600 bits per heavy atom. The minimum absolute atomic E-state index is 0.0366. The lowest BCUT2D eigenvalue weighted by molar-refractivity contribution is -0.214. The van der Waals surface area contributed by atoms with Crippen LogP contribution < -0.4 is 21.7 Å². The molecule has 0 aromatic carbocycles. The summed E-state index contributed by atoms with van der Waals surface area (Å²) in [5, 5.41) is 38.7. The highest BCUT2D eigenvalue weighted by molar-refractivity contribution is 5.98. The van der Waals surface area contributed by atoms with Crippen molar-refractivity contribution in [3.8, 4) is 0 Å². The third-order valence-electron chi connectivity index (χ3n) is 3.54. The quantitative estimate of drug-likeness (QED) is 0.292. The molecule has 0 aliphatic heterocycles. The number of hydrogen-bond acceptors (Lipinski definition) is 9. The maximum absolute atomic E-state index is 12.2. The molecule has 0 atom stereocenters. The molecule has 30 heavy (non-hydrogen) atoms. The Balaban J connectivity index is 1.79. The number of amidine groups is 2. The summed E-state index contributed by atoms with van der Waals surface area (Å²) in [6.07, 6.45) is 3.06. The van der Waals surface area contributed by atoms with Gasteiger partial charge in [0, 0.05) is 24.2 Å². The van der Waals surface area contributed by atoms with Crippen LogP contribution in [0.3, 0.4) is 0 Å². The van der Waals surface area contributed by atoms with Gasteiger partial charge >= 0.3 is 0 Å². The Kier molecular flexibility index (Phi) is 6.36. The maximum Gasteiger partial charge on any atom is 0.171 e. The average Bonchev–Trinajstić information content (AvgIpc) is 2.81. The van der Waals surface area contributed by atoms with E-state index in [4.69, 9.17) is 11.5 Å². The topological polar surface area (TPSA) is 186 Å². The van der Waals surface area contributed by atoms with Crippen molar-refractivity contribution in [2.75, 3.05) is 0 Å². The lowest BCUT2D eigenvalue weighted by Crippen LogP contribution is -2.25. The van der Waals surface area contributed by atoms with Crippen molar-refractivity contribution in [1.29, 1.82) is 0 Å². The van der Waals surface area contributed by atoms with Crippen molar-refractivity contribution < 1.29 is 10.2 Å². The number of hydrogen-bond donors (Lipinski definition) is 2. The molecule has 0 fully saturated rings. The van der Waals surface area contributed by atoms with E-state index in [0.717, 1.165) is 0 Å². The summed E-state index contributed by atoms with van der Waals surface area (Å²) in [6.45, 7) is 0. The predicted octanol–water partition coefficient (Wildman–Crippen LogP) is -1.27. The number of pyridine rings is 3. The van der Waals surface area contributed by atoms with Crippen LogP contribution in [0.15, 0.2) is 87.4 Å². The standard InChI is InChI=1S/C19H17N9O2/c20-16(12-6-1-3-10-22-12)25-27-18(29)14-8-5-9-15(24-14)19(30)28-26-17(21)13-7-2-4-11-23-13/h1-11H,(H2,20,25)(H2,21,26)(H,27,29)(H,28,30)/p-2. The predicted molar refractivity (Wildman–Crippen MR) is 107 cm³/mol. The van der Waals surface area contributed by atoms with Crippen LogP contribution in [-0.4, -0.2) is 38.4 Å². The first-order valence-electron chi connectivity index (χ1n) is 8.51. The molecule has 0 aliphatic carbocycles. The summed E-state index contributed by atoms with van der Waals surface area (Å²) >= 11 is 0. The van der Waals surface area contributed by atoms with Crippen LogP contribution >= 0.6 is 0 Å². The molecule has 0 spiro atoms. The molecule has 11 heteroatoms. The van der Waals surface area contributed by atoms with Crippen molar-refractivity contribution in [1.82, 2.24) is 15.0 Å². The zero-order valence-corrected chi connectivity index (χ0v) is 15.5. The van der Waals surface area contributed by atoms with Crippen LogP contribution in [0, 0.1) is 0 Å². The first-order valence-corrected chi connectivity index (χ1v) is 8.51. The Morgan fingerprint density at radius 3 is 1.43 bits per heavy atom. The van der Waals surface area contributed by atoms with Gasteiger partial charge in [-0.2, -0.15) is 10.2 Å². The van der Waals surface area contributed by atoms with Gasteiger partial charge in [-0.05, 0) is 36.4 Å². The summed E-state index contributed by atoms with van der Waals surface area (Å²) < 4.78 is 0. The number of aromatic nitrogens is 3. The highest BCUT2D eigenvalue weighted by Crippen LogP contribution is 2.01. The van der Waals surface area contributed by atoms with Gasteiger partial charge < -0.3 is 21.7 Å². The molecule has 3 aromatic heterocycles. The van der Waals surface area contributed by atoms with E-state index in [9.17, 15) is 10.2 Å². The second kappa shape index (κ2) is 9.50. The van der Waals surface area contributed by atoms with E-state index in [1.165, 1.54) is 30.6 Å². The van der Waals surface area contributed by atoms with Gasteiger partial charge in [-0.3, -0.25) is 9.97 Å². The van der Waals surface area contributed by atoms with Gasteiger partial charge in [-0.25, -0.2) is 4.98 Å². The first kappa shape index (κ1) is 20.1. The van der Waals surface area contributed by atoms with Crippen molar-refractivity contribution in [2.24, 2.45) is 31.9 Å². The molecule has 0 bridgehead atoms. The molecule has 0 aliphatic rings. The molecular weight excluding hydrogens is 386 g/mol. The van der Waals surface area contributed by atoms with E-state index < -0.39 is 11.8 Å². The van der Waals surface area contributed by atoms with Gasteiger partial charge in [0.1, 0.15) is 11.4 Å². The van der Waals surface area contributed by atoms with Gasteiger partial charge in [0.15, 0.2) is 11.7 Å². The number of nitrogens with zero attached hydrogens (tertiary/aromatic N) is 7. The van der Waals surface area contributed by atoms with Crippen molar-refractivity contribution in [2.45, 2.75) is 0 Å². The van der Waals surface area contributed by atoms with E-state index in [1.54, 1.807) is 36.4 Å². The van der Waals surface area contributed by atoms with Crippen LogP contribution in [0.25, 0.3) is 0 Å². The Morgan fingerprint density at radius 2 is 1.03 bits per heavy atom. The molecule has 0 radical (unpaired) electrons. The molecule has 3 heterocycles. The Bertz CT molecular complexity index is 1040. The number of nitrogens with two attached hydrogens (primary N) is 2. The van der Waals surface area contributed by atoms with Crippen LogP contribution in [0.5, 0.6) is 0 Å². The molecule has 0 amide bonds. The third-order valence-corrected chi connectivity index (χ3v) is 3.54.